The molecule has 1 amide bonds. The summed E-state index contributed by atoms with van der Waals surface area (Å²) in [5.74, 6) is 2.35. The molecule has 0 aliphatic rings. The average Bonchev–Trinajstić information content (AvgIpc) is 1.97. The molecule has 0 aromatic rings. The molecule has 0 fully saturated rings. The van der Waals surface area contributed by atoms with Crippen LogP contribution in [-0.4, -0.2) is 17.8 Å². The van der Waals surface area contributed by atoms with Gasteiger partial charge in [-0.2, -0.15) is 0 Å². The summed E-state index contributed by atoms with van der Waals surface area (Å²) in [6, 6.07) is 0. The summed E-state index contributed by atoms with van der Waals surface area (Å²) in [5, 5.41) is 2.19. The summed E-state index contributed by atoms with van der Waals surface area (Å²) in [5.41, 5.74) is 0. The van der Waals surface area contributed by atoms with E-state index < -0.39 is 5.38 Å². The summed E-state index contributed by atoms with van der Waals surface area (Å²) in [7, 11) is 0. The van der Waals surface area contributed by atoms with Crippen LogP contribution in [0.15, 0.2) is 0 Å². The number of nitrogens with one attached hydrogen (secondary N) is 1. The zero-order valence-corrected chi connectivity index (χ0v) is 7.32. The highest BCUT2D eigenvalue weighted by atomic mass is 35.5. The van der Waals surface area contributed by atoms with Crippen LogP contribution in [0.25, 0.3) is 0 Å². The third-order valence-electron chi connectivity index (χ3n) is 1.16. The highest BCUT2D eigenvalue weighted by Gasteiger charge is 2.06. The zero-order chi connectivity index (χ0) is 8.69. The molecule has 0 radical (unpaired) electrons. The minimum Gasteiger partial charge on any atom is -0.355 e. The predicted molar refractivity (Wildman–Crippen MR) is 46.4 cm³/mol. The van der Waals surface area contributed by atoms with Gasteiger partial charge in [-0.05, 0) is 13.3 Å². The van der Waals surface area contributed by atoms with E-state index in [4.69, 9.17) is 18.0 Å². The van der Waals surface area contributed by atoms with Gasteiger partial charge in [0.1, 0.15) is 5.38 Å². The summed E-state index contributed by atoms with van der Waals surface area (Å²) in [6.07, 6.45) is 6.52. The lowest BCUT2D eigenvalue weighted by Crippen LogP contribution is -2.30. The molecular formula is C8H12ClNO. The maximum atomic E-state index is 10.8. The van der Waals surface area contributed by atoms with Crippen molar-refractivity contribution in [2.45, 2.75) is 25.1 Å². The first-order chi connectivity index (χ1) is 5.18. The smallest absolute Gasteiger partial charge is 0.237 e. The van der Waals surface area contributed by atoms with Crippen LogP contribution in [0.1, 0.15) is 19.8 Å². The second-order valence-corrected chi connectivity index (χ2v) is 2.87. The largest absolute Gasteiger partial charge is 0.355 e. The Bertz CT molecular complexity index is 160. The van der Waals surface area contributed by atoms with Crippen molar-refractivity contribution in [3.63, 3.8) is 0 Å². The first-order valence-corrected chi connectivity index (χ1v) is 3.97. The molecule has 1 unspecified atom stereocenters. The maximum Gasteiger partial charge on any atom is 0.237 e. The van der Waals surface area contributed by atoms with E-state index in [0.29, 0.717) is 13.0 Å². The molecule has 0 bridgehead atoms. The van der Waals surface area contributed by atoms with Gasteiger partial charge >= 0.3 is 0 Å². The molecule has 0 saturated heterocycles. The number of amides is 1. The van der Waals surface area contributed by atoms with Crippen molar-refractivity contribution in [3.05, 3.63) is 0 Å². The number of halogens is 1. The van der Waals surface area contributed by atoms with E-state index in [1.165, 1.54) is 0 Å². The van der Waals surface area contributed by atoms with Gasteiger partial charge in [0.25, 0.3) is 0 Å². The summed E-state index contributed by atoms with van der Waals surface area (Å²) < 4.78 is 0. The van der Waals surface area contributed by atoms with Crippen LogP contribution in [0.2, 0.25) is 0 Å². The summed E-state index contributed by atoms with van der Waals surface area (Å²) >= 11 is 5.49. The Kier molecular flexibility index (Phi) is 5.68. The van der Waals surface area contributed by atoms with Gasteiger partial charge in [-0.1, -0.05) is 0 Å². The number of alkyl halides is 1. The average molecular weight is 174 g/mol. The molecule has 11 heavy (non-hydrogen) atoms. The highest BCUT2D eigenvalue weighted by Crippen LogP contribution is 1.92. The van der Waals surface area contributed by atoms with Crippen LogP contribution in [0.3, 0.4) is 0 Å². The fourth-order valence-corrected chi connectivity index (χ4v) is 0.620. The zero-order valence-electron chi connectivity index (χ0n) is 6.56. The van der Waals surface area contributed by atoms with E-state index in [1.807, 2.05) is 0 Å². The third kappa shape index (κ3) is 5.75. The lowest BCUT2D eigenvalue weighted by molar-refractivity contribution is -0.120. The van der Waals surface area contributed by atoms with Crippen molar-refractivity contribution >= 4 is 17.5 Å². The second-order valence-electron chi connectivity index (χ2n) is 2.21. The molecule has 0 aromatic carbocycles. The van der Waals surface area contributed by atoms with E-state index in [9.17, 15) is 4.79 Å². The minimum atomic E-state index is -0.458. The Morgan fingerprint density at radius 3 is 2.91 bits per heavy atom. The predicted octanol–water partition coefficient (Wildman–Crippen LogP) is 1.14. The van der Waals surface area contributed by atoms with Crippen molar-refractivity contribution in [1.82, 2.24) is 5.32 Å². The Hall–Kier alpha value is -0.680. The van der Waals surface area contributed by atoms with Gasteiger partial charge in [0.2, 0.25) is 5.91 Å². The lowest BCUT2D eigenvalue weighted by Gasteiger charge is -2.03. The van der Waals surface area contributed by atoms with Crippen LogP contribution < -0.4 is 5.32 Å². The molecule has 62 valence electrons. The fraction of sp³-hybridized carbons (Fsp3) is 0.625. The number of hydrogen-bond acceptors (Lipinski definition) is 1. The quantitative estimate of drug-likeness (QED) is 0.386. The van der Waals surface area contributed by atoms with Gasteiger partial charge in [0.05, 0.1) is 0 Å². The Balaban J connectivity index is 3.26. The second kappa shape index (κ2) is 6.06. The molecule has 2 nitrogen and oxygen atoms in total. The lowest BCUT2D eigenvalue weighted by atomic mass is 10.3. The van der Waals surface area contributed by atoms with Gasteiger partial charge in [0.15, 0.2) is 0 Å². The van der Waals surface area contributed by atoms with E-state index in [2.05, 4.69) is 11.2 Å². The molecule has 0 spiro atoms. The first-order valence-electron chi connectivity index (χ1n) is 3.53. The van der Waals surface area contributed by atoms with Crippen LogP contribution >= 0.6 is 11.6 Å². The molecule has 0 aliphatic carbocycles. The Morgan fingerprint density at radius 1 is 1.82 bits per heavy atom. The number of carbonyl (C=O) groups is 1. The number of terminal acetylenes is 1. The minimum absolute atomic E-state index is 0.135. The molecule has 1 atom stereocenters. The van der Waals surface area contributed by atoms with E-state index >= 15 is 0 Å². The van der Waals surface area contributed by atoms with E-state index in [-0.39, 0.29) is 5.91 Å². The molecule has 0 aliphatic heterocycles. The number of carbonyl (C=O) groups excluding carboxylic acids is 1. The van der Waals surface area contributed by atoms with Gasteiger partial charge < -0.3 is 5.32 Å². The maximum absolute atomic E-state index is 10.8. The number of hydrogen-bond donors (Lipinski definition) is 1. The van der Waals surface area contributed by atoms with E-state index in [0.717, 1.165) is 6.42 Å². The number of unbranched alkanes of at least 4 members (excludes halogenated alkanes) is 1. The normalized spacial score (nSPS) is 11.7. The van der Waals surface area contributed by atoms with Crippen molar-refractivity contribution in [3.8, 4) is 12.3 Å². The van der Waals surface area contributed by atoms with Crippen molar-refractivity contribution in [1.29, 1.82) is 0 Å². The van der Waals surface area contributed by atoms with Crippen molar-refractivity contribution in [2.24, 2.45) is 0 Å². The van der Waals surface area contributed by atoms with Crippen molar-refractivity contribution < 1.29 is 4.79 Å². The van der Waals surface area contributed by atoms with Crippen molar-refractivity contribution in [2.75, 3.05) is 6.54 Å². The van der Waals surface area contributed by atoms with Crippen LogP contribution in [0.4, 0.5) is 0 Å². The fourth-order valence-electron chi connectivity index (χ4n) is 0.543. The SMILES string of the molecule is C#CCCCNC(=O)C(C)Cl. The van der Waals surface area contributed by atoms with Gasteiger partial charge in [-0.3, -0.25) is 4.79 Å². The Morgan fingerprint density at radius 2 is 2.45 bits per heavy atom. The van der Waals surface area contributed by atoms with Gasteiger partial charge in [0, 0.05) is 13.0 Å². The van der Waals surface area contributed by atoms with Gasteiger partial charge in [-0.25, -0.2) is 0 Å². The first kappa shape index (κ1) is 10.3. The monoisotopic (exact) mass is 173 g/mol. The van der Waals surface area contributed by atoms with Gasteiger partial charge in [-0.15, -0.1) is 23.9 Å². The molecule has 1 N–H and O–H groups in total. The molecule has 0 saturated carbocycles. The molecule has 0 heterocycles. The standard InChI is InChI=1S/C8H12ClNO/c1-3-4-5-6-10-8(11)7(2)9/h1,7H,4-6H2,2H3,(H,10,11). The molecule has 0 rings (SSSR count). The number of rotatable bonds is 4. The van der Waals surface area contributed by atoms with Crippen LogP contribution in [-0.2, 0) is 4.79 Å². The highest BCUT2D eigenvalue weighted by molar-refractivity contribution is 6.30. The summed E-state index contributed by atoms with van der Waals surface area (Å²) in [4.78, 5) is 10.8. The molecule has 0 aromatic heterocycles. The molecular weight excluding hydrogens is 162 g/mol. The van der Waals surface area contributed by atoms with Crippen LogP contribution in [0, 0.1) is 12.3 Å². The molecule has 3 heteroatoms. The third-order valence-corrected chi connectivity index (χ3v) is 1.36. The topological polar surface area (TPSA) is 29.1 Å². The van der Waals surface area contributed by atoms with Crippen LogP contribution in [0.5, 0.6) is 0 Å². The summed E-state index contributed by atoms with van der Waals surface area (Å²) in [6.45, 7) is 2.25. The Labute approximate surface area is 72.3 Å². The van der Waals surface area contributed by atoms with E-state index in [1.54, 1.807) is 6.92 Å².